The molecule has 0 spiro atoms. The van der Waals surface area contributed by atoms with E-state index in [0.717, 1.165) is 18.1 Å². The Hall–Kier alpha value is -2.34. The van der Waals surface area contributed by atoms with Gasteiger partial charge in [0.1, 0.15) is 11.5 Å². The molecule has 22 heavy (non-hydrogen) atoms. The number of aromatic nitrogens is 2. The first-order chi connectivity index (χ1) is 10.8. The summed E-state index contributed by atoms with van der Waals surface area (Å²) in [7, 11) is 0. The zero-order valence-electron chi connectivity index (χ0n) is 12.4. The van der Waals surface area contributed by atoms with Crippen LogP contribution in [0, 0.1) is 6.92 Å². The summed E-state index contributed by atoms with van der Waals surface area (Å²) in [6.07, 6.45) is 4.01. The summed E-state index contributed by atoms with van der Waals surface area (Å²) in [5.41, 5.74) is 0. The fourth-order valence-corrected chi connectivity index (χ4v) is 2.52. The monoisotopic (exact) mass is 299 g/mol. The molecule has 0 N–H and O–H groups in total. The summed E-state index contributed by atoms with van der Waals surface area (Å²) >= 11 is 0. The van der Waals surface area contributed by atoms with Crippen LogP contribution in [0.15, 0.2) is 43.9 Å². The topological polar surface area (TPSA) is 68.4 Å². The number of furan rings is 2. The lowest BCUT2D eigenvalue weighted by molar-refractivity contribution is 0.194. The van der Waals surface area contributed by atoms with Crippen LogP contribution in [0.5, 0.6) is 0 Å². The molecule has 0 unspecified atom stereocenters. The molecule has 3 aromatic heterocycles. The third-order valence-corrected chi connectivity index (χ3v) is 3.77. The van der Waals surface area contributed by atoms with Gasteiger partial charge in [-0.05, 0) is 44.0 Å². The Morgan fingerprint density at radius 3 is 2.82 bits per heavy atom. The van der Waals surface area contributed by atoms with Gasteiger partial charge in [0.2, 0.25) is 11.7 Å². The van der Waals surface area contributed by atoms with Crippen LogP contribution in [-0.2, 0) is 13.1 Å². The van der Waals surface area contributed by atoms with Gasteiger partial charge in [-0.3, -0.25) is 4.90 Å². The van der Waals surface area contributed by atoms with E-state index in [9.17, 15) is 0 Å². The normalized spacial score (nSPS) is 14.8. The number of rotatable bonds is 6. The second-order valence-corrected chi connectivity index (χ2v) is 5.64. The van der Waals surface area contributed by atoms with Crippen LogP contribution in [0.25, 0.3) is 11.6 Å². The van der Waals surface area contributed by atoms with E-state index < -0.39 is 0 Å². The van der Waals surface area contributed by atoms with Gasteiger partial charge in [0.25, 0.3) is 0 Å². The van der Waals surface area contributed by atoms with Crippen LogP contribution in [0.1, 0.15) is 30.3 Å². The van der Waals surface area contributed by atoms with Crippen LogP contribution >= 0.6 is 0 Å². The van der Waals surface area contributed by atoms with Crippen molar-refractivity contribution in [1.82, 2.24) is 15.0 Å². The largest absolute Gasteiger partial charge is 0.465 e. The van der Waals surface area contributed by atoms with Gasteiger partial charge in [0.05, 0.1) is 19.4 Å². The molecule has 4 rings (SSSR count). The van der Waals surface area contributed by atoms with Gasteiger partial charge in [0, 0.05) is 6.04 Å². The molecule has 0 atom stereocenters. The van der Waals surface area contributed by atoms with Gasteiger partial charge in [-0.25, -0.2) is 0 Å². The Morgan fingerprint density at radius 1 is 1.23 bits per heavy atom. The first-order valence-corrected chi connectivity index (χ1v) is 7.44. The van der Waals surface area contributed by atoms with Crippen molar-refractivity contribution in [3.8, 4) is 11.6 Å². The molecule has 3 heterocycles. The highest BCUT2D eigenvalue weighted by Gasteiger charge is 2.31. The van der Waals surface area contributed by atoms with Gasteiger partial charge < -0.3 is 13.4 Å². The molecule has 1 fully saturated rings. The summed E-state index contributed by atoms with van der Waals surface area (Å²) in [4.78, 5) is 6.72. The minimum atomic E-state index is 0.490. The standard InChI is InChI=1S/C16H17N3O3/c1-11-4-7-13(21-11)9-19(12-5-6-12)10-15-17-16(18-22-15)14-3-2-8-20-14/h2-4,7-8,12H,5-6,9-10H2,1H3. The maximum absolute atomic E-state index is 5.67. The zero-order valence-corrected chi connectivity index (χ0v) is 12.4. The fraction of sp³-hybridized carbons (Fsp3) is 0.375. The number of aryl methyl sites for hydroxylation is 1. The molecule has 0 amide bonds. The minimum absolute atomic E-state index is 0.490. The molecule has 1 saturated carbocycles. The lowest BCUT2D eigenvalue weighted by Crippen LogP contribution is -2.25. The average Bonchev–Trinajstić information content (AvgIpc) is 2.93. The lowest BCUT2D eigenvalue weighted by atomic mass is 10.3. The number of nitrogens with zero attached hydrogens (tertiary/aromatic N) is 3. The van der Waals surface area contributed by atoms with Crippen molar-refractivity contribution in [1.29, 1.82) is 0 Å². The molecule has 1 aliphatic rings. The molecule has 6 heteroatoms. The Morgan fingerprint density at radius 2 is 2.14 bits per heavy atom. The Labute approximate surface area is 127 Å². The molecule has 3 aromatic rings. The van der Waals surface area contributed by atoms with Crippen LogP contribution in [0.2, 0.25) is 0 Å². The van der Waals surface area contributed by atoms with Crippen molar-refractivity contribution in [3.63, 3.8) is 0 Å². The first-order valence-electron chi connectivity index (χ1n) is 7.44. The van der Waals surface area contributed by atoms with Crippen LogP contribution in [0.3, 0.4) is 0 Å². The van der Waals surface area contributed by atoms with Crippen molar-refractivity contribution in [3.05, 3.63) is 47.9 Å². The molecule has 0 aromatic carbocycles. The quantitative estimate of drug-likeness (QED) is 0.695. The van der Waals surface area contributed by atoms with E-state index in [0.29, 0.717) is 30.1 Å². The lowest BCUT2D eigenvalue weighted by Gasteiger charge is -2.18. The Balaban J connectivity index is 1.47. The molecule has 0 bridgehead atoms. The van der Waals surface area contributed by atoms with Gasteiger partial charge in [-0.15, -0.1) is 0 Å². The van der Waals surface area contributed by atoms with E-state index in [-0.39, 0.29) is 0 Å². The average molecular weight is 299 g/mol. The SMILES string of the molecule is Cc1ccc(CN(Cc2nc(-c3ccco3)no2)C2CC2)o1. The predicted octanol–water partition coefficient (Wildman–Crippen LogP) is 3.40. The van der Waals surface area contributed by atoms with E-state index in [1.54, 1.807) is 12.3 Å². The molecule has 1 aliphatic carbocycles. The minimum Gasteiger partial charge on any atom is -0.465 e. The highest BCUT2D eigenvalue weighted by Crippen LogP contribution is 2.30. The summed E-state index contributed by atoms with van der Waals surface area (Å²) in [6, 6.07) is 8.21. The molecule has 6 nitrogen and oxygen atoms in total. The summed E-state index contributed by atoms with van der Waals surface area (Å²) in [6.45, 7) is 3.34. The van der Waals surface area contributed by atoms with Gasteiger partial charge in [-0.2, -0.15) is 4.98 Å². The van der Waals surface area contributed by atoms with E-state index in [1.807, 2.05) is 25.1 Å². The molecular weight excluding hydrogens is 282 g/mol. The third kappa shape index (κ3) is 2.82. The molecule has 0 aliphatic heterocycles. The van der Waals surface area contributed by atoms with E-state index in [2.05, 4.69) is 15.0 Å². The van der Waals surface area contributed by atoms with Crippen molar-refractivity contribution in [2.24, 2.45) is 0 Å². The molecular formula is C16H17N3O3. The predicted molar refractivity (Wildman–Crippen MR) is 77.7 cm³/mol. The van der Waals surface area contributed by atoms with Gasteiger partial charge in [-0.1, -0.05) is 5.16 Å². The van der Waals surface area contributed by atoms with Gasteiger partial charge in [0.15, 0.2) is 5.76 Å². The third-order valence-electron chi connectivity index (χ3n) is 3.77. The summed E-state index contributed by atoms with van der Waals surface area (Å²) in [5.74, 6) is 3.61. The Bertz CT molecular complexity index is 740. The molecule has 114 valence electrons. The number of hydrogen-bond donors (Lipinski definition) is 0. The van der Waals surface area contributed by atoms with E-state index in [1.165, 1.54) is 12.8 Å². The van der Waals surface area contributed by atoms with Crippen molar-refractivity contribution in [2.75, 3.05) is 0 Å². The second kappa shape index (κ2) is 5.46. The summed E-state index contributed by atoms with van der Waals surface area (Å²) < 4.78 is 16.3. The maximum Gasteiger partial charge on any atom is 0.241 e. The summed E-state index contributed by atoms with van der Waals surface area (Å²) in [5, 5.41) is 3.97. The molecule has 0 saturated heterocycles. The van der Waals surface area contributed by atoms with Gasteiger partial charge >= 0.3 is 0 Å². The van der Waals surface area contributed by atoms with E-state index >= 15 is 0 Å². The molecule has 0 radical (unpaired) electrons. The fourth-order valence-electron chi connectivity index (χ4n) is 2.52. The first kappa shape index (κ1) is 13.3. The Kier molecular flexibility index (Phi) is 3.31. The van der Waals surface area contributed by atoms with Crippen molar-refractivity contribution >= 4 is 0 Å². The second-order valence-electron chi connectivity index (χ2n) is 5.64. The van der Waals surface area contributed by atoms with Crippen LogP contribution in [0.4, 0.5) is 0 Å². The van der Waals surface area contributed by atoms with Crippen molar-refractivity contribution < 1.29 is 13.4 Å². The maximum atomic E-state index is 5.67. The van der Waals surface area contributed by atoms with Crippen LogP contribution < -0.4 is 0 Å². The van der Waals surface area contributed by atoms with Crippen LogP contribution in [-0.4, -0.2) is 21.1 Å². The smallest absolute Gasteiger partial charge is 0.241 e. The highest BCUT2D eigenvalue weighted by molar-refractivity contribution is 5.44. The van der Waals surface area contributed by atoms with E-state index in [4.69, 9.17) is 13.4 Å². The van der Waals surface area contributed by atoms with Crippen molar-refractivity contribution in [2.45, 2.75) is 38.9 Å². The zero-order chi connectivity index (χ0) is 14.9. The number of hydrogen-bond acceptors (Lipinski definition) is 6. The highest BCUT2D eigenvalue weighted by atomic mass is 16.5.